The Hall–Kier alpha value is -2.75. The van der Waals surface area contributed by atoms with Crippen LogP contribution in [0.25, 0.3) is 0 Å². The van der Waals surface area contributed by atoms with E-state index in [0.717, 1.165) is 11.1 Å². The van der Waals surface area contributed by atoms with Crippen LogP contribution in [0, 0.1) is 19.8 Å². The lowest BCUT2D eigenvalue weighted by molar-refractivity contribution is -0.124. The Morgan fingerprint density at radius 1 is 0.920 bits per heavy atom. The Labute approximate surface area is 148 Å². The molecular formula is C21H23NO3. The smallest absolute Gasteiger partial charge is 0.224 e. The van der Waals surface area contributed by atoms with Gasteiger partial charge in [-0.2, -0.15) is 0 Å². The number of nitrogens with one attached hydrogen (secondary N) is 1. The van der Waals surface area contributed by atoms with Crippen LogP contribution in [0.1, 0.15) is 41.3 Å². The van der Waals surface area contributed by atoms with Gasteiger partial charge in [0.15, 0.2) is 5.78 Å². The predicted molar refractivity (Wildman–Crippen MR) is 98.7 cm³/mol. The van der Waals surface area contributed by atoms with Gasteiger partial charge in [0.1, 0.15) is 5.78 Å². The molecule has 0 aromatic heterocycles. The van der Waals surface area contributed by atoms with Crippen molar-refractivity contribution < 1.29 is 14.4 Å². The number of Topliss-reactive ketones (excluding diaryl/α,β-unsaturated/α-hetero) is 2. The summed E-state index contributed by atoms with van der Waals surface area (Å²) in [7, 11) is 0. The van der Waals surface area contributed by atoms with Crippen LogP contribution < -0.4 is 5.32 Å². The van der Waals surface area contributed by atoms with Crippen molar-refractivity contribution in [1.82, 2.24) is 0 Å². The molecule has 0 heterocycles. The molecule has 1 N–H and O–H groups in total. The number of hydrogen-bond acceptors (Lipinski definition) is 3. The average Bonchev–Trinajstić information content (AvgIpc) is 2.62. The molecule has 0 aliphatic carbocycles. The summed E-state index contributed by atoms with van der Waals surface area (Å²) in [6.45, 7) is 5.58. The van der Waals surface area contributed by atoms with E-state index >= 15 is 0 Å². The minimum absolute atomic E-state index is 0.0520. The van der Waals surface area contributed by atoms with E-state index in [0.29, 0.717) is 11.3 Å². The van der Waals surface area contributed by atoms with E-state index in [2.05, 4.69) is 5.32 Å². The van der Waals surface area contributed by atoms with E-state index in [-0.39, 0.29) is 30.3 Å². The lowest BCUT2D eigenvalue weighted by Gasteiger charge is -2.10. The van der Waals surface area contributed by atoms with E-state index in [1.165, 1.54) is 0 Å². The molecule has 0 aliphatic heterocycles. The SMILES string of the molecule is Cc1ccc(NC(=O)CCC(=O)[C@@H](C)C(=O)c2ccccc2)cc1C. The van der Waals surface area contributed by atoms with E-state index in [1.807, 2.05) is 38.1 Å². The summed E-state index contributed by atoms with van der Waals surface area (Å²) in [6, 6.07) is 14.4. The summed E-state index contributed by atoms with van der Waals surface area (Å²) in [6.07, 6.45) is 0.120. The van der Waals surface area contributed by atoms with E-state index in [4.69, 9.17) is 0 Å². The first-order chi connectivity index (χ1) is 11.9. The predicted octanol–water partition coefficient (Wildman–Crippen LogP) is 4.11. The van der Waals surface area contributed by atoms with Gasteiger partial charge in [-0.25, -0.2) is 0 Å². The van der Waals surface area contributed by atoms with Gasteiger partial charge in [0.05, 0.1) is 5.92 Å². The maximum Gasteiger partial charge on any atom is 0.224 e. The highest BCUT2D eigenvalue weighted by atomic mass is 16.2. The van der Waals surface area contributed by atoms with Crippen LogP contribution >= 0.6 is 0 Å². The topological polar surface area (TPSA) is 63.2 Å². The first-order valence-electron chi connectivity index (χ1n) is 8.37. The Morgan fingerprint density at radius 3 is 2.24 bits per heavy atom. The Bertz CT molecular complexity index is 781. The molecule has 25 heavy (non-hydrogen) atoms. The van der Waals surface area contributed by atoms with Gasteiger partial charge in [0.25, 0.3) is 0 Å². The number of anilines is 1. The zero-order valence-electron chi connectivity index (χ0n) is 14.8. The molecule has 2 aromatic rings. The highest BCUT2D eigenvalue weighted by molar-refractivity contribution is 6.10. The molecule has 1 atom stereocenters. The van der Waals surface area contributed by atoms with Crippen LogP contribution in [-0.4, -0.2) is 17.5 Å². The number of amides is 1. The zero-order chi connectivity index (χ0) is 18.4. The van der Waals surface area contributed by atoms with Crippen LogP contribution in [0.15, 0.2) is 48.5 Å². The maximum absolute atomic E-state index is 12.3. The molecular weight excluding hydrogens is 314 g/mol. The molecule has 0 spiro atoms. The van der Waals surface area contributed by atoms with Crippen molar-refractivity contribution in [2.75, 3.05) is 5.32 Å². The van der Waals surface area contributed by atoms with Crippen LogP contribution in [0.5, 0.6) is 0 Å². The molecule has 0 radical (unpaired) electrons. The lowest BCUT2D eigenvalue weighted by atomic mass is 9.93. The number of carbonyl (C=O) groups is 3. The fourth-order valence-electron chi connectivity index (χ4n) is 2.49. The second kappa shape index (κ2) is 8.38. The molecule has 0 unspecified atom stereocenters. The average molecular weight is 337 g/mol. The number of rotatable bonds is 7. The molecule has 2 aromatic carbocycles. The van der Waals surface area contributed by atoms with Crippen molar-refractivity contribution in [3.8, 4) is 0 Å². The highest BCUT2D eigenvalue weighted by Crippen LogP contribution is 2.16. The van der Waals surface area contributed by atoms with Crippen LogP contribution in [-0.2, 0) is 9.59 Å². The Kier molecular flexibility index (Phi) is 6.23. The minimum Gasteiger partial charge on any atom is -0.326 e. The van der Waals surface area contributed by atoms with Gasteiger partial charge in [0.2, 0.25) is 5.91 Å². The second-order valence-corrected chi connectivity index (χ2v) is 6.27. The zero-order valence-corrected chi connectivity index (χ0v) is 14.8. The lowest BCUT2D eigenvalue weighted by Crippen LogP contribution is -2.23. The summed E-state index contributed by atoms with van der Waals surface area (Å²) < 4.78 is 0. The first-order valence-corrected chi connectivity index (χ1v) is 8.37. The quantitative estimate of drug-likeness (QED) is 0.611. The molecule has 130 valence electrons. The number of ketones is 2. The van der Waals surface area contributed by atoms with Crippen molar-refractivity contribution in [2.45, 2.75) is 33.6 Å². The summed E-state index contributed by atoms with van der Waals surface area (Å²) in [5.74, 6) is -1.39. The van der Waals surface area contributed by atoms with E-state index in [9.17, 15) is 14.4 Å². The molecule has 1 amide bonds. The number of hydrogen-bond donors (Lipinski definition) is 1. The molecule has 0 bridgehead atoms. The molecule has 0 aliphatic rings. The van der Waals surface area contributed by atoms with E-state index < -0.39 is 5.92 Å². The minimum atomic E-state index is -0.739. The van der Waals surface area contributed by atoms with Gasteiger partial charge < -0.3 is 5.32 Å². The van der Waals surface area contributed by atoms with Gasteiger partial charge in [-0.05, 0) is 44.0 Å². The third-order valence-corrected chi connectivity index (χ3v) is 4.32. The summed E-state index contributed by atoms with van der Waals surface area (Å²) in [5, 5.41) is 2.79. The number of carbonyl (C=O) groups excluding carboxylic acids is 3. The van der Waals surface area contributed by atoms with Gasteiger partial charge in [-0.3, -0.25) is 14.4 Å². The van der Waals surface area contributed by atoms with Crippen LogP contribution in [0.4, 0.5) is 5.69 Å². The fraction of sp³-hybridized carbons (Fsp3) is 0.286. The van der Waals surface area contributed by atoms with Crippen LogP contribution in [0.2, 0.25) is 0 Å². The second-order valence-electron chi connectivity index (χ2n) is 6.27. The van der Waals surface area contributed by atoms with E-state index in [1.54, 1.807) is 31.2 Å². The maximum atomic E-state index is 12.3. The molecule has 4 nitrogen and oxygen atoms in total. The molecule has 0 saturated heterocycles. The Morgan fingerprint density at radius 2 is 1.60 bits per heavy atom. The van der Waals surface area contributed by atoms with Gasteiger partial charge in [-0.15, -0.1) is 0 Å². The summed E-state index contributed by atoms with van der Waals surface area (Å²) in [5.41, 5.74) is 3.48. The van der Waals surface area contributed by atoms with Gasteiger partial charge in [0, 0.05) is 24.1 Å². The molecule has 0 saturated carbocycles. The number of aryl methyl sites for hydroxylation is 2. The van der Waals surface area contributed by atoms with Crippen molar-refractivity contribution >= 4 is 23.2 Å². The normalized spacial score (nSPS) is 11.6. The molecule has 0 fully saturated rings. The monoisotopic (exact) mass is 337 g/mol. The third-order valence-electron chi connectivity index (χ3n) is 4.32. The standard InChI is InChI=1S/C21H23NO3/c1-14-9-10-18(13-15(14)2)22-20(24)12-11-19(23)16(3)21(25)17-7-5-4-6-8-17/h4-10,13,16H,11-12H2,1-3H3,(H,22,24)/t16-/m1/s1. The summed E-state index contributed by atoms with van der Waals surface area (Å²) >= 11 is 0. The van der Waals surface area contributed by atoms with Crippen molar-refractivity contribution in [3.05, 3.63) is 65.2 Å². The van der Waals surface area contributed by atoms with Gasteiger partial charge >= 0.3 is 0 Å². The highest BCUT2D eigenvalue weighted by Gasteiger charge is 2.22. The number of benzene rings is 2. The fourth-order valence-corrected chi connectivity index (χ4v) is 2.49. The largest absolute Gasteiger partial charge is 0.326 e. The summed E-state index contributed by atoms with van der Waals surface area (Å²) in [4.78, 5) is 36.5. The Balaban J connectivity index is 1.87. The van der Waals surface area contributed by atoms with Crippen molar-refractivity contribution in [3.63, 3.8) is 0 Å². The van der Waals surface area contributed by atoms with Crippen molar-refractivity contribution in [2.24, 2.45) is 5.92 Å². The molecule has 4 heteroatoms. The third kappa shape index (κ3) is 5.11. The van der Waals surface area contributed by atoms with Crippen LogP contribution in [0.3, 0.4) is 0 Å². The first kappa shape index (κ1) is 18.6. The molecule has 2 rings (SSSR count). The van der Waals surface area contributed by atoms with Gasteiger partial charge in [-0.1, -0.05) is 36.4 Å². The van der Waals surface area contributed by atoms with Crippen molar-refractivity contribution in [1.29, 1.82) is 0 Å².